The Morgan fingerprint density at radius 3 is 2.58 bits per heavy atom. The highest BCUT2D eigenvalue weighted by molar-refractivity contribution is 6.31. The van der Waals surface area contributed by atoms with E-state index in [4.69, 9.17) is 17.3 Å². The zero-order valence-electron chi connectivity index (χ0n) is 10.8. The van der Waals surface area contributed by atoms with Crippen LogP contribution in [0, 0.1) is 13.8 Å². The van der Waals surface area contributed by atoms with Crippen LogP contribution in [0.5, 0.6) is 0 Å². The Morgan fingerprint density at radius 2 is 1.84 bits per heavy atom. The topological polar surface area (TPSA) is 54.7 Å². The lowest BCUT2D eigenvalue weighted by Gasteiger charge is -2.02. The van der Waals surface area contributed by atoms with E-state index in [2.05, 4.69) is 35.9 Å². The van der Waals surface area contributed by atoms with Crippen molar-refractivity contribution in [2.24, 2.45) is 0 Å². The Kier molecular flexibility index (Phi) is 2.72. The van der Waals surface area contributed by atoms with E-state index in [0.717, 1.165) is 22.4 Å². The van der Waals surface area contributed by atoms with Gasteiger partial charge in [-0.2, -0.15) is 0 Å². The number of fused-ring (bicyclic) bond motifs is 1. The summed E-state index contributed by atoms with van der Waals surface area (Å²) >= 11 is 5.91. The van der Waals surface area contributed by atoms with Gasteiger partial charge >= 0.3 is 0 Å². The first-order valence-electron chi connectivity index (χ1n) is 6.07. The van der Waals surface area contributed by atoms with E-state index in [1.807, 2.05) is 12.1 Å². The Morgan fingerprint density at radius 1 is 1.11 bits per heavy atom. The lowest BCUT2D eigenvalue weighted by molar-refractivity contribution is 1.34. The molecule has 0 unspecified atom stereocenters. The molecule has 1 heterocycles. The third-order valence-electron chi connectivity index (χ3n) is 3.37. The normalized spacial score (nSPS) is 11.1. The van der Waals surface area contributed by atoms with Crippen molar-refractivity contribution in [2.45, 2.75) is 13.8 Å². The summed E-state index contributed by atoms with van der Waals surface area (Å²) in [5.74, 6) is 0.772. The van der Waals surface area contributed by atoms with Crippen molar-refractivity contribution in [2.75, 3.05) is 5.73 Å². The number of nitrogens with two attached hydrogens (primary N) is 1. The van der Waals surface area contributed by atoms with E-state index in [-0.39, 0.29) is 0 Å². The predicted molar refractivity (Wildman–Crippen MR) is 80.4 cm³/mol. The van der Waals surface area contributed by atoms with Crippen molar-refractivity contribution in [3.63, 3.8) is 0 Å². The molecule has 0 saturated carbocycles. The fraction of sp³-hybridized carbons (Fsp3) is 0.133. The second kappa shape index (κ2) is 4.28. The number of nitrogens with one attached hydrogen (secondary N) is 1. The molecule has 0 bridgehead atoms. The van der Waals surface area contributed by atoms with Gasteiger partial charge in [-0.3, -0.25) is 0 Å². The molecular weight excluding hydrogens is 258 g/mol. The fourth-order valence-corrected chi connectivity index (χ4v) is 2.33. The number of hydrogen-bond donors (Lipinski definition) is 2. The molecule has 0 fully saturated rings. The molecule has 0 amide bonds. The Labute approximate surface area is 116 Å². The summed E-state index contributed by atoms with van der Waals surface area (Å²) in [4.78, 5) is 7.90. The number of H-pyrrole nitrogens is 1. The molecule has 2 aromatic carbocycles. The van der Waals surface area contributed by atoms with Gasteiger partial charge in [0.05, 0.1) is 11.0 Å². The van der Waals surface area contributed by atoms with Crippen molar-refractivity contribution < 1.29 is 0 Å². The summed E-state index contributed by atoms with van der Waals surface area (Å²) in [6, 6.07) is 9.62. The maximum Gasteiger partial charge on any atom is 0.140 e. The largest absolute Gasteiger partial charge is 0.398 e. The fourth-order valence-electron chi connectivity index (χ4n) is 2.15. The van der Waals surface area contributed by atoms with Gasteiger partial charge in [0, 0.05) is 16.3 Å². The van der Waals surface area contributed by atoms with Gasteiger partial charge in [0.1, 0.15) is 5.82 Å². The van der Waals surface area contributed by atoms with Gasteiger partial charge in [0.15, 0.2) is 0 Å². The van der Waals surface area contributed by atoms with Crippen LogP contribution in [-0.2, 0) is 0 Å². The number of halogens is 1. The summed E-state index contributed by atoms with van der Waals surface area (Å²) < 4.78 is 0. The Bertz CT molecular complexity index is 735. The van der Waals surface area contributed by atoms with E-state index in [9.17, 15) is 0 Å². The first-order chi connectivity index (χ1) is 9.04. The van der Waals surface area contributed by atoms with Crippen molar-refractivity contribution in [3.05, 3.63) is 46.5 Å². The Hall–Kier alpha value is -2.00. The van der Waals surface area contributed by atoms with Crippen molar-refractivity contribution >= 4 is 28.3 Å². The Balaban J connectivity index is 2.20. The lowest BCUT2D eigenvalue weighted by Crippen LogP contribution is -1.90. The van der Waals surface area contributed by atoms with Crippen LogP contribution in [0.15, 0.2) is 30.3 Å². The maximum atomic E-state index is 5.99. The van der Waals surface area contributed by atoms with Crippen LogP contribution in [0.3, 0.4) is 0 Å². The van der Waals surface area contributed by atoms with Crippen molar-refractivity contribution in [1.82, 2.24) is 9.97 Å². The van der Waals surface area contributed by atoms with E-state index in [1.165, 1.54) is 11.1 Å². The number of aryl methyl sites for hydroxylation is 2. The molecular formula is C15H14ClN3. The van der Waals surface area contributed by atoms with Gasteiger partial charge < -0.3 is 10.7 Å². The van der Waals surface area contributed by atoms with Crippen LogP contribution in [0.4, 0.5) is 5.69 Å². The highest BCUT2D eigenvalue weighted by atomic mass is 35.5. The first-order valence-corrected chi connectivity index (χ1v) is 6.45. The van der Waals surface area contributed by atoms with E-state index in [1.54, 1.807) is 6.07 Å². The van der Waals surface area contributed by atoms with Crippen LogP contribution in [0.1, 0.15) is 11.1 Å². The number of hydrogen-bond acceptors (Lipinski definition) is 2. The average molecular weight is 272 g/mol. The third-order valence-corrected chi connectivity index (χ3v) is 3.60. The van der Waals surface area contributed by atoms with Crippen LogP contribution in [0.2, 0.25) is 5.02 Å². The number of aromatic amines is 1. The molecule has 3 nitrogen and oxygen atoms in total. The summed E-state index contributed by atoms with van der Waals surface area (Å²) in [7, 11) is 0. The standard InChI is InChI=1S/C15H14ClN3/c1-8-5-13-14(6-9(8)2)19-15(18-13)11-4-3-10(16)7-12(11)17/h3-7H,17H2,1-2H3,(H,18,19). The van der Waals surface area contributed by atoms with Gasteiger partial charge in [-0.05, 0) is 55.3 Å². The van der Waals surface area contributed by atoms with E-state index >= 15 is 0 Å². The smallest absolute Gasteiger partial charge is 0.140 e. The second-order valence-electron chi connectivity index (χ2n) is 4.77. The minimum atomic E-state index is 0.625. The number of nitrogen functional groups attached to an aromatic ring is 1. The molecule has 0 aliphatic rings. The highest BCUT2D eigenvalue weighted by Gasteiger charge is 2.09. The molecule has 0 aliphatic carbocycles. The maximum absolute atomic E-state index is 5.99. The van der Waals surface area contributed by atoms with Crippen molar-refractivity contribution in [1.29, 1.82) is 0 Å². The quantitative estimate of drug-likeness (QED) is 0.655. The predicted octanol–water partition coefficient (Wildman–Crippen LogP) is 4.08. The lowest BCUT2D eigenvalue weighted by atomic mass is 10.1. The van der Waals surface area contributed by atoms with Crippen LogP contribution in [0.25, 0.3) is 22.4 Å². The average Bonchev–Trinajstić information content (AvgIpc) is 2.72. The zero-order valence-corrected chi connectivity index (χ0v) is 11.5. The number of imidazole rings is 1. The summed E-state index contributed by atoms with van der Waals surface area (Å²) in [5.41, 5.74) is 11.9. The van der Waals surface area contributed by atoms with Gasteiger partial charge in [-0.15, -0.1) is 0 Å². The molecule has 3 N–H and O–H groups in total. The zero-order chi connectivity index (χ0) is 13.6. The summed E-state index contributed by atoms with van der Waals surface area (Å²) in [6.45, 7) is 4.17. The van der Waals surface area contributed by atoms with E-state index < -0.39 is 0 Å². The highest BCUT2D eigenvalue weighted by Crippen LogP contribution is 2.28. The SMILES string of the molecule is Cc1cc2nc(-c3ccc(Cl)cc3N)[nH]c2cc1C. The third kappa shape index (κ3) is 2.06. The molecule has 0 atom stereocenters. The molecule has 0 aliphatic heterocycles. The molecule has 4 heteroatoms. The minimum Gasteiger partial charge on any atom is -0.398 e. The van der Waals surface area contributed by atoms with Crippen LogP contribution >= 0.6 is 11.6 Å². The number of rotatable bonds is 1. The molecule has 0 spiro atoms. The van der Waals surface area contributed by atoms with Crippen LogP contribution in [-0.4, -0.2) is 9.97 Å². The van der Waals surface area contributed by atoms with E-state index in [0.29, 0.717) is 10.7 Å². The van der Waals surface area contributed by atoms with Gasteiger partial charge in [0.2, 0.25) is 0 Å². The number of aromatic nitrogens is 2. The van der Waals surface area contributed by atoms with Gasteiger partial charge in [-0.25, -0.2) is 4.98 Å². The van der Waals surface area contributed by atoms with Crippen LogP contribution < -0.4 is 5.73 Å². The van der Waals surface area contributed by atoms with Gasteiger partial charge in [-0.1, -0.05) is 11.6 Å². The molecule has 19 heavy (non-hydrogen) atoms. The first kappa shape index (κ1) is 12.1. The minimum absolute atomic E-state index is 0.625. The summed E-state index contributed by atoms with van der Waals surface area (Å²) in [5, 5.41) is 0.629. The number of anilines is 1. The number of benzene rings is 2. The molecule has 3 rings (SSSR count). The second-order valence-corrected chi connectivity index (χ2v) is 5.21. The number of nitrogens with zero attached hydrogens (tertiary/aromatic N) is 1. The molecule has 0 saturated heterocycles. The molecule has 1 aromatic heterocycles. The van der Waals surface area contributed by atoms with Gasteiger partial charge in [0.25, 0.3) is 0 Å². The monoisotopic (exact) mass is 271 g/mol. The summed E-state index contributed by atoms with van der Waals surface area (Å²) in [6.07, 6.45) is 0. The molecule has 3 aromatic rings. The molecule has 0 radical (unpaired) electrons. The van der Waals surface area contributed by atoms with Crippen molar-refractivity contribution in [3.8, 4) is 11.4 Å². The molecule has 96 valence electrons.